The van der Waals surface area contributed by atoms with Gasteiger partial charge in [0.25, 0.3) is 5.91 Å². The Morgan fingerprint density at radius 3 is 2.47 bits per heavy atom. The molecule has 3 fully saturated rings. The van der Waals surface area contributed by atoms with Crippen LogP contribution in [-0.4, -0.2) is 131 Å². The normalized spacial score (nSPS) is 42.0. The van der Waals surface area contributed by atoms with Crippen LogP contribution in [0.4, 0.5) is 5.82 Å². The number of amides is 1. The number of guanidine groups is 1. The number of phosphoric acid groups is 2. The Hall–Kier alpha value is -3.31. The van der Waals surface area contributed by atoms with Crippen molar-refractivity contribution in [2.24, 2.45) is 9.98 Å². The van der Waals surface area contributed by atoms with E-state index in [1.165, 1.54) is 12.3 Å². The highest BCUT2D eigenvalue weighted by atomic mass is 31.2. The number of anilines is 1. The Morgan fingerprint density at radius 2 is 1.71 bits per heavy atom. The maximum Gasteiger partial charge on any atom is 0.472 e. The fraction of sp³-hybridized carbons (Fsp3) is 0.550. The largest absolute Gasteiger partial charge is 0.472 e. The lowest BCUT2D eigenvalue weighted by Gasteiger charge is -2.31. The van der Waals surface area contributed by atoms with Gasteiger partial charge in [0.15, 0.2) is 35.7 Å². The van der Waals surface area contributed by atoms with Gasteiger partial charge in [-0.1, -0.05) is 5.21 Å². The molecular formula is C20H24N10O13P2. The molecule has 0 aromatic carbocycles. The molecule has 7 heterocycles. The van der Waals surface area contributed by atoms with Gasteiger partial charge in [-0.3, -0.25) is 43.5 Å². The number of hydrogen-bond acceptors (Lipinski definition) is 18. The third-order valence-corrected chi connectivity index (χ3v) is 9.41. The van der Waals surface area contributed by atoms with Crippen molar-refractivity contribution in [1.29, 1.82) is 5.41 Å². The summed E-state index contributed by atoms with van der Waals surface area (Å²) < 4.78 is 59.7. The molecule has 0 saturated carbocycles. The second kappa shape index (κ2) is 10.9. The summed E-state index contributed by atoms with van der Waals surface area (Å²) in [5.74, 6) is -1.27. The van der Waals surface area contributed by atoms with Gasteiger partial charge in [0.1, 0.15) is 36.6 Å². The molecule has 0 aliphatic carbocycles. The average Bonchev–Trinajstić information content (AvgIpc) is 3.72. The number of carbonyl (C=O) groups is 1. The number of ether oxygens (including phenoxy) is 2. The molecule has 2 aromatic rings. The Balaban J connectivity index is 1.17. The van der Waals surface area contributed by atoms with E-state index < -0.39 is 95.8 Å². The second-order valence-corrected chi connectivity index (χ2v) is 13.1. The van der Waals surface area contributed by atoms with Gasteiger partial charge in [-0.05, 0) is 6.07 Å². The van der Waals surface area contributed by atoms with Gasteiger partial charge >= 0.3 is 15.6 Å². The highest BCUT2D eigenvalue weighted by Gasteiger charge is 2.56. The minimum absolute atomic E-state index is 0.0326. The quantitative estimate of drug-likeness (QED) is 0.156. The van der Waals surface area contributed by atoms with E-state index in [0.29, 0.717) is 0 Å². The van der Waals surface area contributed by atoms with Gasteiger partial charge in [0, 0.05) is 6.20 Å². The molecule has 0 spiro atoms. The zero-order valence-electron chi connectivity index (χ0n) is 22.4. The van der Waals surface area contributed by atoms with Gasteiger partial charge < -0.3 is 35.2 Å². The summed E-state index contributed by atoms with van der Waals surface area (Å²) in [5.41, 5.74) is 6.28. The fourth-order valence-corrected chi connectivity index (χ4v) is 7.29. The molecule has 3 unspecified atom stereocenters. The zero-order valence-corrected chi connectivity index (χ0v) is 24.2. The van der Waals surface area contributed by atoms with Gasteiger partial charge in [0.2, 0.25) is 5.96 Å². The van der Waals surface area contributed by atoms with Crippen LogP contribution in [0.15, 0.2) is 22.2 Å². The predicted molar refractivity (Wildman–Crippen MR) is 143 cm³/mol. The van der Waals surface area contributed by atoms with Crippen molar-refractivity contribution in [2.45, 2.75) is 55.1 Å². The molecule has 7 rings (SSSR count). The molecular weight excluding hydrogens is 650 g/mol. The number of aliphatic hydroxyl groups is 2. The minimum Gasteiger partial charge on any atom is -0.387 e. The number of aliphatic imine (C=N–C) groups is 2. The number of hydrogen-bond donors (Lipinski definition) is 7. The monoisotopic (exact) mass is 674 g/mol. The zero-order chi connectivity index (χ0) is 31.8. The van der Waals surface area contributed by atoms with Crippen LogP contribution in [0.1, 0.15) is 6.23 Å². The van der Waals surface area contributed by atoms with Crippen LogP contribution in [0.25, 0.3) is 11.0 Å². The first-order valence-electron chi connectivity index (χ1n) is 13.1. The third kappa shape index (κ3) is 5.35. The van der Waals surface area contributed by atoms with Crippen LogP contribution in [-0.2, 0) is 41.5 Å². The van der Waals surface area contributed by atoms with Gasteiger partial charge in [-0.15, -0.1) is 5.10 Å². The van der Waals surface area contributed by atoms with Crippen LogP contribution in [0, 0.1) is 5.41 Å². The lowest BCUT2D eigenvalue weighted by Crippen LogP contribution is -2.53. The van der Waals surface area contributed by atoms with Crippen molar-refractivity contribution in [3.8, 4) is 0 Å². The summed E-state index contributed by atoms with van der Waals surface area (Å²) in [6.45, 7) is -1.67. The number of fused-ring (bicyclic) bond motifs is 5. The number of amidine groups is 1. The van der Waals surface area contributed by atoms with Crippen LogP contribution in [0.5, 0.6) is 0 Å². The van der Waals surface area contributed by atoms with Crippen molar-refractivity contribution in [3.05, 3.63) is 12.3 Å². The Labute approximate surface area is 250 Å². The van der Waals surface area contributed by atoms with Gasteiger partial charge in [-0.2, -0.15) is 4.99 Å². The first-order valence-corrected chi connectivity index (χ1v) is 16.0. The molecule has 242 valence electrons. The molecule has 0 radical (unpaired) electrons. The van der Waals surface area contributed by atoms with E-state index in [2.05, 4.69) is 30.6 Å². The first kappa shape index (κ1) is 30.3. The van der Waals surface area contributed by atoms with Crippen LogP contribution < -0.4 is 11.1 Å². The Bertz CT molecular complexity index is 1720. The molecule has 11 atom stereocenters. The molecule has 5 aliphatic rings. The van der Waals surface area contributed by atoms with E-state index in [0.717, 1.165) is 15.9 Å². The number of pyridine rings is 1. The van der Waals surface area contributed by atoms with Crippen LogP contribution >= 0.6 is 15.6 Å². The standard InChI is InChI=1S/C20H24N10O13P2/c21-15-9-6(1-2-23-15)30(28-27-9)18-12(32)13-8(41-18)4-39-45(36,37)43-14-11(31)7(3-38-44(34,35)42-13)40-19(14)29-5-24-10-16(29)25-20(22)26-17(10)33/h1-2,5,7-8,10-14,18-19,31-32H,3-4H2,(H2,21,23)(H,34,35)(H,36,37)(H2,22,26,33)/t7-,8-,10?,11-,12-,13-,14-,18-,19-/m1/s1. The smallest absolute Gasteiger partial charge is 0.387 e. The Kier molecular flexibility index (Phi) is 7.35. The van der Waals surface area contributed by atoms with Crippen molar-refractivity contribution in [1.82, 2.24) is 30.2 Å². The topological polar surface area (TPSA) is 321 Å². The molecule has 1 amide bonds. The van der Waals surface area contributed by atoms with Gasteiger partial charge in [0.05, 0.1) is 25.1 Å². The minimum atomic E-state index is -5.12. The number of nitrogens with zero attached hydrogens (tertiary/aromatic N) is 7. The van der Waals surface area contributed by atoms with E-state index in [9.17, 15) is 33.9 Å². The molecule has 5 aliphatic heterocycles. The molecule has 3 saturated heterocycles. The number of nitrogens with one attached hydrogen (secondary N) is 2. The van der Waals surface area contributed by atoms with E-state index in [1.54, 1.807) is 0 Å². The number of rotatable bonds is 2. The number of nitrogen functional groups attached to an aromatic ring is 1. The van der Waals surface area contributed by atoms with E-state index in [1.807, 2.05) is 0 Å². The summed E-state index contributed by atoms with van der Waals surface area (Å²) in [7, 11) is -10.2. The molecule has 45 heavy (non-hydrogen) atoms. The maximum atomic E-state index is 13.2. The summed E-state index contributed by atoms with van der Waals surface area (Å²) in [6, 6.07) is 0.290. The van der Waals surface area contributed by atoms with Crippen molar-refractivity contribution < 1.29 is 61.5 Å². The SMILES string of the molecule is N=C1N=C2C(N=CN2[C@@H]2O[C@@H]3COP(=O)(O)O[C@H]4[C@@H](O)[C@H](n5nnc6c(N)nccc65)O[C@@H]4COP(=O)(O)O[C@@H]2[C@@H]3O)C(=O)N1. The fourth-order valence-electron chi connectivity index (χ4n) is 5.39. The highest BCUT2D eigenvalue weighted by Crippen LogP contribution is 2.53. The number of nitrogens with two attached hydrogens (primary N) is 1. The molecule has 2 bridgehead atoms. The highest BCUT2D eigenvalue weighted by molar-refractivity contribution is 7.47. The van der Waals surface area contributed by atoms with Crippen molar-refractivity contribution >= 4 is 56.5 Å². The average molecular weight is 674 g/mol. The number of aromatic nitrogens is 4. The Morgan fingerprint density at radius 1 is 1.02 bits per heavy atom. The molecule has 8 N–H and O–H groups in total. The van der Waals surface area contributed by atoms with E-state index in [4.69, 9.17) is 38.7 Å². The summed E-state index contributed by atoms with van der Waals surface area (Å²) in [6.07, 6.45) is -10.4. The van der Waals surface area contributed by atoms with Crippen molar-refractivity contribution in [2.75, 3.05) is 18.9 Å². The molecule has 25 heteroatoms. The number of carbonyl (C=O) groups excluding carboxylic acids is 1. The lowest BCUT2D eigenvalue weighted by atomic mass is 10.1. The second-order valence-electron chi connectivity index (χ2n) is 10.3. The summed E-state index contributed by atoms with van der Waals surface area (Å²) in [4.78, 5) is 46.5. The first-order chi connectivity index (χ1) is 21.3. The van der Waals surface area contributed by atoms with Crippen molar-refractivity contribution in [3.63, 3.8) is 0 Å². The summed E-state index contributed by atoms with van der Waals surface area (Å²) in [5, 5.41) is 39.9. The third-order valence-electron chi connectivity index (χ3n) is 7.44. The van der Waals surface area contributed by atoms with E-state index in [-0.39, 0.29) is 22.7 Å². The molecule has 23 nitrogen and oxygen atoms in total. The predicted octanol–water partition coefficient (Wildman–Crippen LogP) is -3.05. The maximum absolute atomic E-state index is 13.2. The number of phosphoric ester groups is 2. The van der Waals surface area contributed by atoms with E-state index >= 15 is 0 Å². The molecule has 2 aromatic heterocycles. The summed E-state index contributed by atoms with van der Waals surface area (Å²) >= 11 is 0. The van der Waals surface area contributed by atoms with Crippen LogP contribution in [0.3, 0.4) is 0 Å². The lowest BCUT2D eigenvalue weighted by molar-refractivity contribution is -0.119. The van der Waals surface area contributed by atoms with Crippen LogP contribution in [0.2, 0.25) is 0 Å². The number of aliphatic hydroxyl groups excluding tert-OH is 2. The van der Waals surface area contributed by atoms with Gasteiger partial charge in [-0.25, -0.2) is 18.8 Å².